The fourth-order valence-electron chi connectivity index (χ4n) is 8.73. The van der Waals surface area contributed by atoms with Gasteiger partial charge in [0.25, 0.3) is 0 Å². The maximum atomic E-state index is 6.16. The molecule has 11 aromatic rings. The van der Waals surface area contributed by atoms with Gasteiger partial charge in [0.05, 0.1) is 0 Å². The Morgan fingerprint density at radius 2 is 0.561 bits per heavy atom. The molecule has 57 heavy (non-hydrogen) atoms. The van der Waals surface area contributed by atoms with Crippen LogP contribution in [0.25, 0.3) is 110 Å². The Labute approximate surface area is 331 Å². The zero-order valence-corrected chi connectivity index (χ0v) is 31.2. The van der Waals surface area contributed by atoms with Crippen LogP contribution in [-0.4, -0.2) is 0 Å². The Kier molecular flexibility index (Phi) is 7.89. The largest absolute Gasteiger partial charge is 0.456 e. The van der Waals surface area contributed by atoms with Crippen LogP contribution >= 0.6 is 0 Å². The lowest BCUT2D eigenvalue weighted by molar-refractivity contribution is 0.669. The second-order valence-electron chi connectivity index (χ2n) is 14.8. The van der Waals surface area contributed by atoms with Crippen LogP contribution in [0, 0.1) is 0 Å². The molecule has 0 aliphatic carbocycles. The summed E-state index contributed by atoms with van der Waals surface area (Å²) >= 11 is 0. The van der Waals surface area contributed by atoms with Gasteiger partial charge in [0, 0.05) is 10.8 Å². The summed E-state index contributed by atoms with van der Waals surface area (Å²) in [4.78, 5) is 0. The van der Waals surface area contributed by atoms with E-state index < -0.39 is 0 Å². The first-order valence-electron chi connectivity index (χ1n) is 19.6. The lowest BCUT2D eigenvalue weighted by Gasteiger charge is -2.20. The van der Waals surface area contributed by atoms with Crippen molar-refractivity contribution in [1.82, 2.24) is 0 Å². The van der Waals surface area contributed by atoms with E-state index in [9.17, 15) is 0 Å². The summed E-state index contributed by atoms with van der Waals surface area (Å²) in [7, 11) is 0. The highest BCUT2D eigenvalue weighted by Crippen LogP contribution is 2.46. The molecule has 0 spiro atoms. The molecule has 0 amide bonds. The quantitative estimate of drug-likeness (QED) is 0.156. The summed E-state index contributed by atoms with van der Waals surface area (Å²) in [5.74, 6) is 0. The molecule has 1 nitrogen and oxygen atoms in total. The van der Waals surface area contributed by atoms with Gasteiger partial charge in [-0.1, -0.05) is 176 Å². The van der Waals surface area contributed by atoms with Gasteiger partial charge in [-0.05, 0) is 131 Å². The summed E-state index contributed by atoms with van der Waals surface area (Å²) in [6, 6.07) is 79.2. The van der Waals surface area contributed by atoms with Crippen LogP contribution in [0.15, 0.2) is 223 Å². The molecule has 0 atom stereocenters. The third-order valence-corrected chi connectivity index (χ3v) is 11.4. The Hall–Kier alpha value is -7.48. The Bertz CT molecular complexity index is 3280. The second kappa shape index (κ2) is 13.7. The first-order chi connectivity index (χ1) is 28.2. The summed E-state index contributed by atoms with van der Waals surface area (Å²) in [5, 5.41) is 7.22. The monoisotopic (exact) mass is 724 g/mol. The van der Waals surface area contributed by atoms with Gasteiger partial charge >= 0.3 is 0 Å². The molecule has 10 aromatic carbocycles. The smallest absolute Gasteiger partial charge is 0.135 e. The number of hydrogen-bond acceptors (Lipinski definition) is 1. The third kappa shape index (κ3) is 5.80. The molecule has 0 N–H and O–H groups in total. The van der Waals surface area contributed by atoms with E-state index in [4.69, 9.17) is 4.42 Å². The van der Waals surface area contributed by atoms with Crippen molar-refractivity contribution in [2.75, 3.05) is 0 Å². The number of rotatable bonds is 6. The lowest BCUT2D eigenvalue weighted by atomic mass is 9.84. The Balaban J connectivity index is 1.14. The van der Waals surface area contributed by atoms with E-state index in [-0.39, 0.29) is 0 Å². The average molecular weight is 725 g/mol. The average Bonchev–Trinajstić information content (AvgIpc) is 3.67. The topological polar surface area (TPSA) is 13.1 Å². The molecule has 0 aliphatic heterocycles. The Morgan fingerprint density at radius 3 is 1.16 bits per heavy atom. The van der Waals surface area contributed by atoms with Crippen molar-refractivity contribution in [3.05, 3.63) is 218 Å². The molecule has 0 unspecified atom stereocenters. The number of furan rings is 1. The summed E-state index contributed by atoms with van der Waals surface area (Å²) in [6.45, 7) is 0. The van der Waals surface area contributed by atoms with Crippen LogP contribution in [0.4, 0.5) is 0 Å². The summed E-state index contributed by atoms with van der Waals surface area (Å²) in [5.41, 5.74) is 16.3. The minimum atomic E-state index is 0.909. The van der Waals surface area contributed by atoms with Crippen LogP contribution in [0.2, 0.25) is 0 Å². The van der Waals surface area contributed by atoms with Crippen molar-refractivity contribution in [1.29, 1.82) is 0 Å². The van der Waals surface area contributed by atoms with Crippen LogP contribution in [0.5, 0.6) is 0 Å². The zero-order chi connectivity index (χ0) is 37.7. The molecule has 0 aliphatic rings. The van der Waals surface area contributed by atoms with Crippen molar-refractivity contribution in [2.45, 2.75) is 0 Å². The fraction of sp³-hybridized carbons (Fsp3) is 0. The molecule has 0 saturated heterocycles. The van der Waals surface area contributed by atoms with Gasteiger partial charge in [0.15, 0.2) is 0 Å². The highest BCUT2D eigenvalue weighted by atomic mass is 16.3. The number of fused-ring (bicyclic) bond motifs is 5. The molecule has 0 bridgehead atoms. The van der Waals surface area contributed by atoms with Crippen LogP contribution in [-0.2, 0) is 0 Å². The zero-order valence-electron chi connectivity index (χ0n) is 31.2. The van der Waals surface area contributed by atoms with Crippen molar-refractivity contribution >= 4 is 43.5 Å². The molecular formula is C56H36O. The van der Waals surface area contributed by atoms with Crippen molar-refractivity contribution < 1.29 is 4.42 Å². The van der Waals surface area contributed by atoms with Crippen molar-refractivity contribution in [2.24, 2.45) is 0 Å². The van der Waals surface area contributed by atoms with Crippen molar-refractivity contribution in [3.63, 3.8) is 0 Å². The summed E-state index contributed by atoms with van der Waals surface area (Å²) < 4.78 is 6.16. The summed E-state index contributed by atoms with van der Waals surface area (Å²) in [6.07, 6.45) is 0. The molecule has 1 aromatic heterocycles. The number of hydrogen-bond donors (Lipinski definition) is 0. The fourth-order valence-corrected chi connectivity index (χ4v) is 8.73. The maximum absolute atomic E-state index is 6.16. The third-order valence-electron chi connectivity index (χ3n) is 11.4. The molecule has 266 valence electrons. The van der Waals surface area contributed by atoms with Crippen LogP contribution in [0.3, 0.4) is 0 Å². The van der Waals surface area contributed by atoms with E-state index in [0.717, 1.165) is 21.9 Å². The molecule has 0 fully saturated rings. The highest BCUT2D eigenvalue weighted by Gasteiger charge is 2.19. The van der Waals surface area contributed by atoms with E-state index in [1.165, 1.54) is 88.3 Å². The normalized spacial score (nSPS) is 11.5. The predicted octanol–water partition coefficient (Wildman–Crippen LogP) is 15.9. The van der Waals surface area contributed by atoms with E-state index in [1.807, 2.05) is 12.1 Å². The van der Waals surface area contributed by atoms with E-state index >= 15 is 0 Å². The van der Waals surface area contributed by atoms with Gasteiger partial charge < -0.3 is 4.42 Å². The van der Waals surface area contributed by atoms with Gasteiger partial charge in [0.2, 0.25) is 0 Å². The minimum absolute atomic E-state index is 0.909. The van der Waals surface area contributed by atoms with Crippen LogP contribution < -0.4 is 0 Å². The highest BCUT2D eigenvalue weighted by molar-refractivity contribution is 6.22. The van der Waals surface area contributed by atoms with Gasteiger partial charge in [-0.15, -0.1) is 0 Å². The molecule has 0 radical (unpaired) electrons. The molecule has 11 rings (SSSR count). The molecule has 0 saturated carbocycles. The van der Waals surface area contributed by atoms with E-state index in [2.05, 4.69) is 206 Å². The molecular weight excluding hydrogens is 689 g/mol. The second-order valence-corrected chi connectivity index (χ2v) is 14.8. The van der Waals surface area contributed by atoms with Gasteiger partial charge in [0.1, 0.15) is 11.2 Å². The molecule has 1 heteroatoms. The first kappa shape index (κ1) is 32.9. The standard InChI is InChI=1S/C56H36O/c1-3-14-37(15-4-1)39-18-12-22-45(33-39)55-48-25-7-8-26-49(48)56(46-23-13-19-40(34-46)38-16-5-2-6-17-38)52-36-43(28-30-50(52)55)41-20-11-21-42(32-41)44-29-31-54-51(35-44)47-24-9-10-27-53(47)57-54/h1-36H. The van der Waals surface area contributed by atoms with Gasteiger partial charge in [-0.25, -0.2) is 0 Å². The van der Waals surface area contributed by atoms with Gasteiger partial charge in [-0.2, -0.15) is 0 Å². The van der Waals surface area contributed by atoms with E-state index in [1.54, 1.807) is 0 Å². The van der Waals surface area contributed by atoms with Gasteiger partial charge in [-0.3, -0.25) is 0 Å². The Morgan fingerprint density at radius 1 is 0.193 bits per heavy atom. The maximum Gasteiger partial charge on any atom is 0.135 e. The minimum Gasteiger partial charge on any atom is -0.456 e. The van der Waals surface area contributed by atoms with Crippen LogP contribution in [0.1, 0.15) is 0 Å². The number of para-hydroxylation sites is 1. The SMILES string of the molecule is c1ccc(-c2cccc(-c3c4ccccc4c(-c4cccc(-c5ccccc5)c4)c4cc(-c5cccc(-c6ccc7oc8ccccc8c7c6)c5)ccc34)c2)cc1. The lowest BCUT2D eigenvalue weighted by Crippen LogP contribution is -1.92. The molecule has 1 heterocycles. The van der Waals surface area contributed by atoms with Crippen molar-refractivity contribution in [3.8, 4) is 66.8 Å². The predicted molar refractivity (Wildman–Crippen MR) is 241 cm³/mol. The van der Waals surface area contributed by atoms with E-state index in [0.29, 0.717) is 0 Å². The first-order valence-corrected chi connectivity index (χ1v) is 19.6. The number of benzene rings is 10.